The number of benzene rings is 1. The predicted octanol–water partition coefficient (Wildman–Crippen LogP) is 5.41. The van der Waals surface area contributed by atoms with Gasteiger partial charge in [-0.2, -0.15) is 0 Å². The molecule has 0 spiro atoms. The molecule has 2 aliphatic rings. The van der Waals surface area contributed by atoms with Gasteiger partial charge in [0.25, 0.3) is 0 Å². The first kappa shape index (κ1) is 16.5. The van der Waals surface area contributed by atoms with Gasteiger partial charge in [-0.1, -0.05) is 0 Å². The molecule has 0 N–H and O–H groups in total. The molecule has 0 atom stereocenters. The average molecular weight is 479 g/mol. The van der Waals surface area contributed by atoms with Crippen molar-refractivity contribution < 1.29 is 0 Å². The van der Waals surface area contributed by atoms with Gasteiger partial charge in [0, 0.05) is 0 Å². The minimum absolute atomic E-state index is 0.476. The van der Waals surface area contributed by atoms with E-state index in [1.807, 2.05) is 47.0 Å². The molecule has 7 heteroatoms. The second-order valence-corrected chi connectivity index (χ2v) is 13.8. The molecule has 0 radical (unpaired) electrons. The van der Waals surface area contributed by atoms with Crippen LogP contribution in [-0.4, -0.2) is 29.9 Å². The Kier molecular flexibility index (Phi) is 6.24. The molecule has 21 heavy (non-hydrogen) atoms. The molecule has 0 bridgehead atoms. The molecular weight excluding hydrogens is 468 g/mol. The molecule has 0 aliphatic carbocycles. The van der Waals surface area contributed by atoms with Crippen LogP contribution in [0.3, 0.4) is 0 Å². The third-order valence-corrected chi connectivity index (χ3v) is 14.7. The quantitative estimate of drug-likeness (QED) is 0.425. The maximum absolute atomic E-state index is 8.71. The Bertz CT molecular complexity index is 636. The summed E-state index contributed by atoms with van der Waals surface area (Å²) >= 11 is 8.82. The summed E-state index contributed by atoms with van der Waals surface area (Å²) in [6, 6.07) is 10.9. The monoisotopic (exact) mass is 481 g/mol. The van der Waals surface area contributed by atoms with Crippen LogP contribution in [0, 0.1) is 11.3 Å². The van der Waals surface area contributed by atoms with Gasteiger partial charge in [0.1, 0.15) is 0 Å². The Morgan fingerprint density at radius 3 is 2.24 bits per heavy atom. The van der Waals surface area contributed by atoms with Crippen molar-refractivity contribution in [2.45, 2.75) is 27.4 Å². The van der Waals surface area contributed by atoms with Crippen molar-refractivity contribution in [1.29, 1.82) is 5.26 Å². The Morgan fingerprint density at radius 2 is 1.62 bits per heavy atom. The van der Waals surface area contributed by atoms with Crippen LogP contribution in [0.25, 0.3) is 0 Å². The van der Waals surface area contributed by atoms with Crippen LogP contribution in [0.5, 0.6) is 0 Å². The van der Waals surface area contributed by atoms with E-state index in [2.05, 4.69) is 36.2 Å². The number of nitriles is 1. The van der Waals surface area contributed by atoms with E-state index in [9.17, 15) is 0 Å². The maximum atomic E-state index is 8.71. The van der Waals surface area contributed by atoms with Crippen LogP contribution in [0.1, 0.15) is 6.42 Å². The zero-order valence-electron chi connectivity index (χ0n) is 11.1. The fourth-order valence-corrected chi connectivity index (χ4v) is 13.9. The number of hydrogen-bond donors (Lipinski definition) is 0. The second kappa shape index (κ2) is 7.95. The first-order chi connectivity index (χ1) is 10.3. The number of fused-ring (bicyclic) bond motifs is 1. The van der Waals surface area contributed by atoms with Gasteiger partial charge in [0.2, 0.25) is 0 Å². The van der Waals surface area contributed by atoms with Gasteiger partial charge < -0.3 is 0 Å². The molecule has 3 rings (SSSR count). The zero-order valence-corrected chi connectivity index (χ0v) is 17.8. The zero-order chi connectivity index (χ0) is 14.7. The fourth-order valence-electron chi connectivity index (χ4n) is 1.68. The van der Waals surface area contributed by atoms with Crippen LogP contribution >= 0.6 is 47.0 Å². The first-order valence-electron chi connectivity index (χ1n) is 6.14. The van der Waals surface area contributed by atoms with E-state index in [1.54, 1.807) is 7.61 Å². The van der Waals surface area contributed by atoms with Crippen molar-refractivity contribution in [3.63, 3.8) is 0 Å². The number of hydrogen-bond acceptors (Lipinski definition) is 5. The van der Waals surface area contributed by atoms with Crippen molar-refractivity contribution in [3.05, 3.63) is 40.3 Å². The summed E-state index contributed by atoms with van der Waals surface area (Å²) in [5.74, 6) is 2.30. The van der Waals surface area contributed by atoms with Gasteiger partial charge >= 0.3 is 156 Å². The summed E-state index contributed by atoms with van der Waals surface area (Å²) in [4.78, 5) is 2.77. The van der Waals surface area contributed by atoms with E-state index < -0.39 is 0 Å². The SMILES string of the molecule is C[Se]C1=C([Se]CCC#N)SC(=C2Sc3ccccc3S2)S1. The van der Waals surface area contributed by atoms with Crippen LogP contribution in [0.15, 0.2) is 50.1 Å². The molecule has 1 aromatic carbocycles. The molecule has 0 saturated carbocycles. The van der Waals surface area contributed by atoms with Crippen molar-refractivity contribution in [2.24, 2.45) is 0 Å². The van der Waals surface area contributed by atoms with Crippen LogP contribution < -0.4 is 0 Å². The molecule has 0 aromatic heterocycles. The van der Waals surface area contributed by atoms with E-state index in [1.165, 1.54) is 18.3 Å². The molecule has 1 aromatic rings. The molecule has 0 fully saturated rings. The summed E-state index contributed by atoms with van der Waals surface area (Å²) in [7, 11) is 0. The van der Waals surface area contributed by atoms with E-state index in [0.717, 1.165) is 5.32 Å². The predicted molar refractivity (Wildman–Crippen MR) is 99.8 cm³/mol. The number of rotatable bonds is 4. The third-order valence-electron chi connectivity index (χ3n) is 2.59. The Morgan fingerprint density at radius 1 is 1.00 bits per heavy atom. The molecule has 0 saturated heterocycles. The molecule has 0 unspecified atom stereocenters. The molecular formula is C14H11NS4Se2. The summed E-state index contributed by atoms with van der Waals surface area (Å²) in [5, 5.41) is 9.76. The van der Waals surface area contributed by atoms with Crippen molar-refractivity contribution in [3.8, 4) is 6.07 Å². The van der Waals surface area contributed by atoms with Crippen LogP contribution in [-0.2, 0) is 0 Å². The normalized spacial score (nSPS) is 17.3. The minimum atomic E-state index is 0.476. The second-order valence-electron chi connectivity index (χ2n) is 3.97. The van der Waals surface area contributed by atoms with Gasteiger partial charge in [-0.15, -0.1) is 0 Å². The Labute approximate surface area is 154 Å². The number of thioether (sulfide) groups is 4. The summed E-state index contributed by atoms with van der Waals surface area (Å²) in [6.07, 6.45) is 0.694. The Hall–Kier alpha value is 0.629. The summed E-state index contributed by atoms with van der Waals surface area (Å²) in [5.41, 5.74) is 0. The molecule has 2 heterocycles. The topological polar surface area (TPSA) is 23.8 Å². The van der Waals surface area contributed by atoms with Gasteiger partial charge in [0.15, 0.2) is 0 Å². The molecule has 0 amide bonds. The summed E-state index contributed by atoms with van der Waals surface area (Å²) in [6.45, 7) is 0. The van der Waals surface area contributed by atoms with Gasteiger partial charge in [-0.3, -0.25) is 0 Å². The molecule has 108 valence electrons. The van der Waals surface area contributed by atoms with Crippen LogP contribution in [0.4, 0.5) is 0 Å². The van der Waals surface area contributed by atoms with Gasteiger partial charge in [-0.05, 0) is 0 Å². The van der Waals surface area contributed by atoms with Crippen molar-refractivity contribution in [1.82, 2.24) is 0 Å². The van der Waals surface area contributed by atoms with Gasteiger partial charge in [0.05, 0.1) is 0 Å². The summed E-state index contributed by atoms with van der Waals surface area (Å²) < 4.78 is 6.07. The van der Waals surface area contributed by atoms with Gasteiger partial charge in [-0.25, -0.2) is 0 Å². The molecule has 1 nitrogen and oxygen atoms in total. The fraction of sp³-hybridized carbons (Fsp3) is 0.214. The molecule has 2 aliphatic heterocycles. The third kappa shape index (κ3) is 3.94. The Balaban J connectivity index is 1.73. The van der Waals surface area contributed by atoms with E-state index in [-0.39, 0.29) is 0 Å². The van der Waals surface area contributed by atoms with Crippen LogP contribution in [0.2, 0.25) is 11.1 Å². The first-order valence-corrected chi connectivity index (χ1v) is 14.0. The van der Waals surface area contributed by atoms with E-state index >= 15 is 0 Å². The average Bonchev–Trinajstić information content (AvgIpc) is 3.10. The van der Waals surface area contributed by atoms with Crippen molar-refractivity contribution in [2.75, 3.05) is 0 Å². The van der Waals surface area contributed by atoms with E-state index in [0.29, 0.717) is 36.3 Å². The standard InChI is InChI=1S/C14H11NS4Se2/c1-20-13-14(21-8-4-7-15)19-12(18-13)11-16-9-5-2-3-6-10(9)17-11/h2-3,5-6H,4,8H2,1H3. The van der Waals surface area contributed by atoms with E-state index in [4.69, 9.17) is 5.26 Å². The number of nitrogens with zero attached hydrogens (tertiary/aromatic N) is 1. The van der Waals surface area contributed by atoms with Crippen molar-refractivity contribution >= 4 is 77.0 Å².